The molecule has 5 atom stereocenters. The number of benzene rings is 1. The van der Waals surface area contributed by atoms with E-state index in [1.54, 1.807) is 0 Å². The molecule has 0 saturated carbocycles. The maximum atomic E-state index is 13.1. The van der Waals surface area contributed by atoms with Crippen molar-refractivity contribution >= 4 is 11.6 Å². The van der Waals surface area contributed by atoms with Crippen molar-refractivity contribution in [1.29, 1.82) is 0 Å². The summed E-state index contributed by atoms with van der Waals surface area (Å²) in [6.07, 6.45) is -2.17. The highest BCUT2D eigenvalue weighted by Crippen LogP contribution is 2.54. The van der Waals surface area contributed by atoms with Crippen LogP contribution in [-0.4, -0.2) is 43.7 Å². The van der Waals surface area contributed by atoms with E-state index in [9.17, 15) is 30.0 Å². The monoisotopic (exact) mass is 344 g/mol. The van der Waals surface area contributed by atoms with E-state index in [4.69, 9.17) is 0 Å². The first-order valence-corrected chi connectivity index (χ1v) is 8.46. The number of fused-ring (bicyclic) bond motifs is 3. The smallest absolute Gasteiger partial charge is 0.174 e. The largest absolute Gasteiger partial charge is 0.508 e. The summed E-state index contributed by atoms with van der Waals surface area (Å²) in [5.74, 6) is -2.28. The van der Waals surface area contributed by atoms with Gasteiger partial charge in [0.2, 0.25) is 0 Å². The number of carbonyl (C=O) groups excluding carboxylic acids is 2. The number of rotatable bonds is 0. The summed E-state index contributed by atoms with van der Waals surface area (Å²) in [6, 6.07) is 4.24. The van der Waals surface area contributed by atoms with Crippen LogP contribution in [0.2, 0.25) is 0 Å². The van der Waals surface area contributed by atoms with Gasteiger partial charge < -0.3 is 20.4 Å². The zero-order valence-corrected chi connectivity index (χ0v) is 13.8. The topological polar surface area (TPSA) is 115 Å². The molecule has 0 saturated heterocycles. The van der Waals surface area contributed by atoms with Crippen molar-refractivity contribution in [3.8, 4) is 5.75 Å². The fourth-order valence-electron chi connectivity index (χ4n) is 4.73. The number of phenols is 1. The molecule has 0 unspecified atom stereocenters. The zero-order chi connectivity index (χ0) is 18.1. The Morgan fingerprint density at radius 3 is 2.56 bits per heavy atom. The Morgan fingerprint density at radius 2 is 1.84 bits per heavy atom. The summed E-state index contributed by atoms with van der Waals surface area (Å²) in [4.78, 5) is 25.7. The van der Waals surface area contributed by atoms with E-state index in [0.717, 1.165) is 0 Å². The van der Waals surface area contributed by atoms with E-state index in [1.807, 2.05) is 6.92 Å². The second kappa shape index (κ2) is 5.24. The number of aliphatic hydroxyl groups excluding tert-OH is 2. The van der Waals surface area contributed by atoms with Gasteiger partial charge in [0.15, 0.2) is 11.6 Å². The molecular formula is C19H20O6. The minimum Gasteiger partial charge on any atom is -0.508 e. The lowest BCUT2D eigenvalue weighted by Gasteiger charge is -2.51. The van der Waals surface area contributed by atoms with Crippen molar-refractivity contribution in [2.45, 2.75) is 44.0 Å². The van der Waals surface area contributed by atoms with Crippen LogP contribution in [0, 0.1) is 11.8 Å². The molecule has 1 aromatic rings. The predicted octanol–water partition coefficient (Wildman–Crippen LogP) is 1.03. The molecule has 3 aliphatic rings. The molecule has 0 bridgehead atoms. The molecule has 0 radical (unpaired) electrons. The predicted molar refractivity (Wildman–Crippen MR) is 86.9 cm³/mol. The summed E-state index contributed by atoms with van der Waals surface area (Å²) < 4.78 is 0. The van der Waals surface area contributed by atoms with E-state index in [1.165, 1.54) is 18.2 Å². The molecule has 25 heavy (non-hydrogen) atoms. The number of aromatic hydroxyl groups is 1. The first-order chi connectivity index (χ1) is 11.8. The van der Waals surface area contributed by atoms with Gasteiger partial charge >= 0.3 is 0 Å². The summed E-state index contributed by atoms with van der Waals surface area (Å²) >= 11 is 0. The van der Waals surface area contributed by atoms with Crippen LogP contribution < -0.4 is 0 Å². The lowest BCUT2D eigenvalue weighted by Crippen LogP contribution is -2.62. The summed E-state index contributed by atoms with van der Waals surface area (Å²) in [5.41, 5.74) is -1.31. The summed E-state index contributed by atoms with van der Waals surface area (Å²) in [6.45, 7) is 1.93. The van der Waals surface area contributed by atoms with Gasteiger partial charge in [0, 0.05) is 23.1 Å². The Kier molecular flexibility index (Phi) is 3.45. The highest BCUT2D eigenvalue weighted by molar-refractivity contribution is 6.11. The van der Waals surface area contributed by atoms with E-state index in [0.29, 0.717) is 12.0 Å². The first-order valence-electron chi connectivity index (χ1n) is 8.46. The SMILES string of the molecule is C[C@@H]1CC(=O)C2=C(C1)C[C@H](O)[C@]1(O)[C@H]2C(=O)c2cccc(O)c2[C@@H]1O. The van der Waals surface area contributed by atoms with Gasteiger partial charge in [-0.15, -0.1) is 0 Å². The average molecular weight is 344 g/mol. The number of aliphatic hydroxyl groups is 3. The fraction of sp³-hybridized carbons (Fsp3) is 0.474. The molecule has 0 heterocycles. The van der Waals surface area contributed by atoms with Gasteiger partial charge in [0.05, 0.1) is 12.0 Å². The number of Topliss-reactive ketones (excluding diaryl/α,β-unsaturated/α-hetero) is 2. The number of hydrogen-bond donors (Lipinski definition) is 4. The van der Waals surface area contributed by atoms with Crippen LogP contribution in [0.4, 0.5) is 0 Å². The maximum Gasteiger partial charge on any atom is 0.174 e. The normalized spacial score (nSPS) is 37.4. The summed E-state index contributed by atoms with van der Waals surface area (Å²) in [5, 5.41) is 42.6. The third-order valence-corrected chi connectivity index (χ3v) is 5.86. The maximum absolute atomic E-state index is 13.1. The number of ketones is 2. The molecule has 6 nitrogen and oxygen atoms in total. The Bertz CT molecular complexity index is 825. The quantitative estimate of drug-likeness (QED) is 0.559. The number of phenolic OH excluding ortho intramolecular Hbond substituents is 1. The van der Waals surface area contributed by atoms with Crippen LogP contribution in [0.25, 0.3) is 0 Å². The molecule has 3 aliphatic carbocycles. The van der Waals surface area contributed by atoms with Gasteiger partial charge in [-0.25, -0.2) is 0 Å². The van der Waals surface area contributed by atoms with E-state index in [2.05, 4.69) is 0 Å². The van der Waals surface area contributed by atoms with Crippen molar-refractivity contribution < 1.29 is 30.0 Å². The molecule has 0 aromatic heterocycles. The molecule has 0 aliphatic heterocycles. The van der Waals surface area contributed by atoms with Crippen molar-refractivity contribution in [2.75, 3.05) is 0 Å². The Balaban J connectivity index is 1.98. The van der Waals surface area contributed by atoms with Gasteiger partial charge in [0.25, 0.3) is 0 Å². The molecule has 6 heteroatoms. The standard InChI is InChI=1S/C19H20O6/c1-8-5-9-7-13(22)19(25)16(14(9)12(21)6-8)17(23)10-3-2-4-11(20)15(10)18(19)24/h2-4,8,13,16,18,20,22,24-25H,5-7H2,1H3/t8-,13-,16+,18-,19-/m0/s1. The van der Waals surface area contributed by atoms with E-state index >= 15 is 0 Å². The van der Waals surface area contributed by atoms with Gasteiger partial charge in [-0.05, 0) is 24.8 Å². The van der Waals surface area contributed by atoms with Gasteiger partial charge in [-0.1, -0.05) is 24.6 Å². The first kappa shape index (κ1) is 16.4. The second-order valence-corrected chi connectivity index (χ2v) is 7.50. The van der Waals surface area contributed by atoms with Gasteiger partial charge in [-0.2, -0.15) is 0 Å². The lowest BCUT2D eigenvalue weighted by atomic mass is 9.57. The summed E-state index contributed by atoms with van der Waals surface area (Å²) in [7, 11) is 0. The van der Waals surface area contributed by atoms with E-state index in [-0.39, 0.29) is 47.0 Å². The van der Waals surface area contributed by atoms with Gasteiger partial charge in [-0.3, -0.25) is 9.59 Å². The fourth-order valence-corrected chi connectivity index (χ4v) is 4.73. The zero-order valence-electron chi connectivity index (χ0n) is 13.8. The molecule has 0 amide bonds. The Hall–Kier alpha value is -2.02. The van der Waals surface area contributed by atoms with Crippen LogP contribution in [0.3, 0.4) is 0 Å². The molecule has 4 rings (SSSR count). The lowest BCUT2D eigenvalue weighted by molar-refractivity contribution is -0.174. The highest BCUT2D eigenvalue weighted by Gasteiger charge is 2.62. The van der Waals surface area contributed by atoms with Crippen molar-refractivity contribution in [3.63, 3.8) is 0 Å². The second-order valence-electron chi connectivity index (χ2n) is 7.50. The van der Waals surface area contributed by atoms with Gasteiger partial charge in [0.1, 0.15) is 17.5 Å². The van der Waals surface area contributed by atoms with E-state index < -0.39 is 29.5 Å². The van der Waals surface area contributed by atoms with Crippen LogP contribution in [0.1, 0.15) is 48.2 Å². The average Bonchev–Trinajstić information content (AvgIpc) is 2.54. The molecule has 132 valence electrons. The molecule has 0 spiro atoms. The Labute approximate surface area is 144 Å². The van der Waals surface area contributed by atoms with Crippen LogP contribution >= 0.6 is 0 Å². The van der Waals surface area contributed by atoms with Crippen molar-refractivity contribution in [1.82, 2.24) is 0 Å². The molecule has 0 fully saturated rings. The minimum absolute atomic E-state index is 0.0334. The van der Waals surface area contributed by atoms with Crippen LogP contribution in [0.15, 0.2) is 29.3 Å². The number of hydrogen-bond acceptors (Lipinski definition) is 6. The number of carbonyl (C=O) groups is 2. The minimum atomic E-state index is -2.22. The Morgan fingerprint density at radius 1 is 1.12 bits per heavy atom. The molecular weight excluding hydrogens is 324 g/mol. The highest BCUT2D eigenvalue weighted by atomic mass is 16.4. The molecule has 1 aromatic carbocycles. The van der Waals surface area contributed by atoms with Crippen molar-refractivity contribution in [2.24, 2.45) is 11.8 Å². The molecule has 4 N–H and O–H groups in total. The van der Waals surface area contributed by atoms with Crippen LogP contribution in [0.5, 0.6) is 5.75 Å². The van der Waals surface area contributed by atoms with Crippen LogP contribution in [-0.2, 0) is 4.79 Å². The third kappa shape index (κ3) is 2.02. The third-order valence-electron chi connectivity index (χ3n) is 5.86. The van der Waals surface area contributed by atoms with Crippen molar-refractivity contribution in [3.05, 3.63) is 40.5 Å².